The van der Waals surface area contributed by atoms with Crippen LogP contribution in [0.5, 0.6) is 0 Å². The van der Waals surface area contributed by atoms with E-state index in [1.165, 1.54) is 0 Å². The molecule has 0 aromatic carbocycles. The third-order valence-corrected chi connectivity index (χ3v) is 25.0. The first-order valence-corrected chi connectivity index (χ1v) is 16.6. The van der Waals surface area contributed by atoms with Crippen molar-refractivity contribution >= 4 is 51.5 Å². The molecule has 0 saturated heterocycles. The first-order valence-electron chi connectivity index (χ1n) is 7.31. The molecule has 0 aromatic rings. The Bertz CT molecular complexity index is 521. The van der Waals surface area contributed by atoms with Crippen molar-refractivity contribution in [3.05, 3.63) is 36.3 Å². The average Bonchev–Trinajstić information content (AvgIpc) is 2.68. The van der Waals surface area contributed by atoms with Crippen LogP contribution in [0.4, 0.5) is 0 Å². The molecule has 2 unspecified atom stereocenters. The maximum absolute atomic E-state index is 2.45. The van der Waals surface area contributed by atoms with Crippen LogP contribution < -0.4 is 0 Å². The van der Waals surface area contributed by atoms with Gasteiger partial charge in [-0.1, -0.05) is 0 Å². The van der Waals surface area contributed by atoms with Crippen molar-refractivity contribution in [1.82, 2.24) is 0 Å². The van der Waals surface area contributed by atoms with Crippen molar-refractivity contribution in [2.75, 3.05) is 0 Å². The molecular weight excluding hydrogens is 654 g/mol. The van der Waals surface area contributed by atoms with Gasteiger partial charge in [0.2, 0.25) is 0 Å². The molecule has 0 fully saturated rings. The maximum atomic E-state index is 2.45. The van der Waals surface area contributed by atoms with Crippen LogP contribution in [0.25, 0.3) is 0 Å². The van der Waals surface area contributed by atoms with Crippen molar-refractivity contribution in [3.63, 3.8) is 0 Å². The van der Waals surface area contributed by atoms with Gasteiger partial charge in [-0.25, -0.2) is 0 Å². The normalized spacial score (nSPS) is 28.5. The smallest absolute Gasteiger partial charge is 1.00 e. The van der Waals surface area contributed by atoms with Crippen LogP contribution in [0.3, 0.4) is 0 Å². The van der Waals surface area contributed by atoms with Crippen LogP contribution in [0.15, 0.2) is 36.3 Å². The Morgan fingerprint density at radius 2 is 1.11 bits per heavy atom. The molecule has 0 bridgehead atoms. The van der Waals surface area contributed by atoms with Gasteiger partial charge in [0.15, 0.2) is 0 Å². The second-order valence-electron chi connectivity index (χ2n) is 6.26. The fourth-order valence-electron chi connectivity index (χ4n) is 3.28. The standard InChI is InChI=1S/2C8H10.2Pb.Ti.8H/c2*1-6-4-5-7(2)8(6)3;;;;;;;;;;;/h2*6H,1-3H3;;;;;;;;;;;/q;;;;;;;;;;;2*-1. The van der Waals surface area contributed by atoms with E-state index in [1.807, 2.05) is 14.0 Å². The molecule has 2 atom stereocenters. The van der Waals surface area contributed by atoms with Crippen molar-refractivity contribution in [3.8, 4) is 0 Å². The fraction of sp³-hybridized carbons (Fsp3) is 0.500. The van der Waals surface area contributed by atoms with E-state index in [-0.39, 0.29) is 22.0 Å². The third-order valence-electron chi connectivity index (χ3n) is 5.55. The number of hydrogen-bond acceptors (Lipinski definition) is 0. The Labute approximate surface area is 161 Å². The second kappa shape index (κ2) is 6.33. The molecule has 106 valence electrons. The predicted octanol–water partition coefficient (Wildman–Crippen LogP) is 2.42. The van der Waals surface area contributed by atoms with Crippen molar-refractivity contribution in [1.29, 1.82) is 0 Å². The van der Waals surface area contributed by atoms with Crippen LogP contribution in [0, 0.1) is 11.8 Å². The third kappa shape index (κ3) is 2.89. The van der Waals surface area contributed by atoms with Crippen LogP contribution >= 0.6 is 0 Å². The Morgan fingerprint density at radius 1 is 0.789 bits per heavy atom. The minimum atomic E-state index is -0.0211. The molecule has 19 heavy (non-hydrogen) atoms. The van der Waals surface area contributed by atoms with E-state index in [0.29, 0.717) is 51.5 Å². The molecule has 0 amide bonds. The van der Waals surface area contributed by atoms with Gasteiger partial charge in [0, 0.05) is 0 Å². The minimum Gasteiger partial charge on any atom is -1.00 e. The maximum Gasteiger partial charge on any atom is -1.00 e. The van der Waals surface area contributed by atoms with Crippen LogP contribution in [0.1, 0.15) is 44.4 Å². The fourth-order valence-corrected chi connectivity index (χ4v) is 16.7. The van der Waals surface area contributed by atoms with Crippen molar-refractivity contribution in [2.24, 2.45) is 11.8 Å². The molecule has 2 rings (SSSR count). The zero-order chi connectivity index (χ0) is 14.5. The Kier molecular flexibility index (Phi) is 5.62. The van der Waals surface area contributed by atoms with E-state index in [1.54, 1.807) is 22.3 Å². The summed E-state index contributed by atoms with van der Waals surface area (Å²) in [5.41, 5.74) is 6.68. The molecule has 0 saturated carbocycles. The van der Waals surface area contributed by atoms with E-state index in [9.17, 15) is 0 Å². The zero-order valence-corrected chi connectivity index (χ0v) is 30.8. The monoisotopic (exact) mass is 684 g/mol. The second-order valence-corrected chi connectivity index (χ2v) is 16.1. The quantitative estimate of drug-likeness (QED) is 0.393. The summed E-state index contributed by atoms with van der Waals surface area (Å²) in [5, 5.41) is 0. The molecule has 0 heterocycles. The van der Waals surface area contributed by atoms with E-state index in [4.69, 9.17) is 0 Å². The molecule has 0 aromatic heterocycles. The van der Waals surface area contributed by atoms with E-state index >= 15 is 0 Å². The van der Waals surface area contributed by atoms with Gasteiger partial charge < -0.3 is 2.85 Å². The van der Waals surface area contributed by atoms with E-state index in [2.05, 4.69) is 41.5 Å². The molecule has 0 radical (unpaired) electrons. The Hall–Kier alpha value is 1.52. The van der Waals surface area contributed by atoms with Crippen LogP contribution in [0.2, 0.25) is 0 Å². The van der Waals surface area contributed by atoms with Gasteiger partial charge in [0.1, 0.15) is 0 Å². The largest absolute Gasteiger partial charge is 1.00 e. The van der Waals surface area contributed by atoms with Gasteiger partial charge in [0.05, 0.1) is 0 Å². The van der Waals surface area contributed by atoms with Crippen molar-refractivity contribution in [2.45, 2.75) is 41.5 Å². The topological polar surface area (TPSA) is 0 Å². The summed E-state index contributed by atoms with van der Waals surface area (Å²) in [7, 11) is 0. The average molecular weight is 683 g/mol. The predicted molar refractivity (Wildman–Crippen MR) is 91.2 cm³/mol. The number of allylic oxidation sites excluding steroid dienone is 8. The van der Waals surface area contributed by atoms with E-state index in [0.717, 1.165) is 11.8 Å². The molecule has 0 nitrogen and oxygen atoms in total. The van der Waals surface area contributed by atoms with Gasteiger partial charge in [-0.2, -0.15) is 0 Å². The van der Waals surface area contributed by atoms with Crippen molar-refractivity contribution < 1.29 is 22.0 Å². The molecule has 0 aliphatic heterocycles. The summed E-state index contributed by atoms with van der Waals surface area (Å²) in [6.07, 6.45) is 0. The van der Waals surface area contributed by atoms with Gasteiger partial charge in [0.25, 0.3) is 0 Å². The first kappa shape index (κ1) is 16.9. The number of hydrogen-bond donors (Lipinski definition) is 0. The van der Waals surface area contributed by atoms with Gasteiger partial charge in [-0.3, -0.25) is 0 Å². The summed E-state index contributed by atoms with van der Waals surface area (Å²) in [5.74, 6) is 1.54. The molecule has 0 spiro atoms. The first-order chi connectivity index (χ1) is 8.77. The van der Waals surface area contributed by atoms with Gasteiger partial charge >= 0.3 is 160 Å². The minimum absolute atomic E-state index is 0. The number of rotatable bonds is 2. The van der Waals surface area contributed by atoms with Crippen LogP contribution in [-0.2, 0) is 19.2 Å². The Morgan fingerprint density at radius 3 is 1.32 bits per heavy atom. The molecular formula is C16H28Pb2Ti-2. The van der Waals surface area contributed by atoms with E-state index < -0.39 is 0 Å². The molecule has 2 aliphatic rings. The molecule has 2 aliphatic carbocycles. The summed E-state index contributed by atoms with van der Waals surface area (Å²) in [6, 6.07) is 0. The summed E-state index contributed by atoms with van der Waals surface area (Å²) < 4.78 is 7.51. The van der Waals surface area contributed by atoms with Gasteiger partial charge in [-0.15, -0.1) is 0 Å². The molecule has 0 N–H and O–H groups in total. The molecule has 3 heteroatoms. The van der Waals surface area contributed by atoms with Crippen LogP contribution in [-0.4, -0.2) is 51.5 Å². The SMILES string of the molecule is CC1=C(C)C(C)[C]([Ti][C]2=[C]([PbH3])C(C)=C(C)C2C)=[C]1[PbH3].[H-].[H-]. The summed E-state index contributed by atoms with van der Waals surface area (Å²) in [6.45, 7) is 14.4. The van der Waals surface area contributed by atoms with Gasteiger partial charge in [-0.05, 0) is 0 Å². The summed E-state index contributed by atoms with van der Waals surface area (Å²) >= 11 is 1.11. The summed E-state index contributed by atoms with van der Waals surface area (Å²) in [4.78, 5) is 0. The zero-order valence-electron chi connectivity index (χ0n) is 15.7. The Balaban J connectivity index is 0.00000200.